The molecule has 1 rings (SSSR count). The molecule has 4 heteroatoms. The second kappa shape index (κ2) is 6.12. The van der Waals surface area contributed by atoms with Crippen LogP contribution < -0.4 is 16.0 Å². The predicted molar refractivity (Wildman–Crippen MR) is 66.7 cm³/mol. The first-order valence-corrected chi connectivity index (χ1v) is 5.45. The van der Waals surface area contributed by atoms with Gasteiger partial charge in [0.05, 0.1) is 0 Å². The molecule has 0 fully saturated rings. The number of nitrogens with two attached hydrogens (primary N) is 1. The summed E-state index contributed by atoms with van der Waals surface area (Å²) in [5, 5.41) is 2.63. The number of carbonyl (C=O) groups excluding carboxylic acids is 1. The Bertz CT molecular complexity index is 335. The van der Waals surface area contributed by atoms with Gasteiger partial charge < -0.3 is 11.1 Å². The third kappa shape index (κ3) is 3.24. The maximum Gasteiger partial charge on any atom is 0.321 e. The van der Waals surface area contributed by atoms with Crippen LogP contribution in [-0.4, -0.2) is 26.2 Å². The first-order valence-electron chi connectivity index (χ1n) is 5.45. The molecule has 0 atom stereocenters. The maximum absolute atomic E-state index is 11.7. The first-order chi connectivity index (χ1) is 7.69. The summed E-state index contributed by atoms with van der Waals surface area (Å²) in [5.41, 5.74) is 7.54. The minimum Gasteiger partial charge on any atom is -0.341 e. The van der Waals surface area contributed by atoms with Gasteiger partial charge in [-0.15, -0.1) is 0 Å². The number of amides is 2. The van der Waals surface area contributed by atoms with Gasteiger partial charge in [0.25, 0.3) is 0 Å². The number of rotatable bonds is 4. The smallest absolute Gasteiger partial charge is 0.321 e. The fourth-order valence-corrected chi connectivity index (χ4v) is 1.46. The predicted octanol–water partition coefficient (Wildman–Crippen LogP) is 1.49. The summed E-state index contributed by atoms with van der Waals surface area (Å²) in [5.74, 6) is 0. The lowest BCUT2D eigenvalue weighted by Crippen LogP contribution is -2.39. The molecule has 16 heavy (non-hydrogen) atoms. The highest BCUT2D eigenvalue weighted by atomic mass is 16.2. The molecule has 1 aromatic rings. The number of urea groups is 1. The van der Waals surface area contributed by atoms with E-state index >= 15 is 0 Å². The molecular weight excluding hydrogens is 202 g/mol. The van der Waals surface area contributed by atoms with Crippen LogP contribution >= 0.6 is 0 Å². The minimum absolute atomic E-state index is 0.0997. The molecular formula is C12H19N3O. The molecule has 0 heterocycles. The molecule has 0 radical (unpaired) electrons. The Kier molecular flexibility index (Phi) is 4.79. The molecule has 0 bridgehead atoms. The molecule has 0 spiro atoms. The topological polar surface area (TPSA) is 58.4 Å². The van der Waals surface area contributed by atoms with Gasteiger partial charge in [0, 0.05) is 19.3 Å². The van der Waals surface area contributed by atoms with Gasteiger partial charge in [-0.3, -0.25) is 4.90 Å². The summed E-state index contributed by atoms with van der Waals surface area (Å²) >= 11 is 0. The Hall–Kier alpha value is -1.55. The lowest BCUT2D eigenvalue weighted by Gasteiger charge is -2.22. The van der Waals surface area contributed by atoms with Crippen LogP contribution in [0.15, 0.2) is 24.3 Å². The Labute approximate surface area is 96.4 Å². The largest absolute Gasteiger partial charge is 0.341 e. The van der Waals surface area contributed by atoms with Crippen molar-refractivity contribution >= 4 is 11.7 Å². The molecule has 88 valence electrons. The van der Waals surface area contributed by atoms with Gasteiger partial charge in [-0.25, -0.2) is 4.79 Å². The number of hydrogen-bond acceptors (Lipinski definition) is 2. The fourth-order valence-electron chi connectivity index (χ4n) is 1.46. The number of anilines is 1. The van der Waals surface area contributed by atoms with Gasteiger partial charge in [-0.2, -0.15) is 0 Å². The van der Waals surface area contributed by atoms with Crippen molar-refractivity contribution in [2.45, 2.75) is 13.3 Å². The molecule has 0 saturated heterocycles. The summed E-state index contributed by atoms with van der Waals surface area (Å²) in [6.07, 6.45) is 0.793. The zero-order chi connectivity index (χ0) is 12.0. The van der Waals surface area contributed by atoms with E-state index in [1.807, 2.05) is 31.2 Å². The van der Waals surface area contributed by atoms with Crippen LogP contribution in [0.1, 0.15) is 12.0 Å². The molecule has 1 aromatic carbocycles. The average molecular weight is 221 g/mol. The van der Waals surface area contributed by atoms with Crippen LogP contribution in [0.25, 0.3) is 0 Å². The van der Waals surface area contributed by atoms with Crippen molar-refractivity contribution < 1.29 is 4.79 Å². The van der Waals surface area contributed by atoms with E-state index in [2.05, 4.69) is 5.32 Å². The van der Waals surface area contributed by atoms with Crippen LogP contribution in [-0.2, 0) is 0 Å². The van der Waals surface area contributed by atoms with Crippen LogP contribution in [0.2, 0.25) is 0 Å². The number of nitrogens with one attached hydrogen (secondary N) is 1. The van der Waals surface area contributed by atoms with Gasteiger partial charge >= 0.3 is 6.03 Å². The minimum atomic E-state index is -0.0997. The van der Waals surface area contributed by atoms with E-state index in [4.69, 9.17) is 5.73 Å². The number of nitrogens with zero attached hydrogens (tertiary/aromatic N) is 1. The second-order valence-electron chi connectivity index (χ2n) is 3.68. The Morgan fingerprint density at radius 1 is 1.38 bits per heavy atom. The normalized spacial score (nSPS) is 9.94. The lowest BCUT2D eigenvalue weighted by atomic mass is 10.2. The van der Waals surface area contributed by atoms with Crippen LogP contribution in [0.5, 0.6) is 0 Å². The van der Waals surface area contributed by atoms with Crippen molar-refractivity contribution in [3.8, 4) is 0 Å². The summed E-state index contributed by atoms with van der Waals surface area (Å²) in [6, 6.07) is 7.78. The standard InChI is InChI=1S/C12H19N3O/c1-10-4-6-11(7-5-10)15(9-3-8-13)12(16)14-2/h4-7H,3,8-9,13H2,1-2H3,(H,14,16). The van der Waals surface area contributed by atoms with E-state index in [0.717, 1.165) is 12.1 Å². The van der Waals surface area contributed by atoms with E-state index < -0.39 is 0 Å². The van der Waals surface area contributed by atoms with Crippen molar-refractivity contribution in [1.29, 1.82) is 0 Å². The van der Waals surface area contributed by atoms with E-state index in [-0.39, 0.29) is 6.03 Å². The molecule has 3 N–H and O–H groups in total. The zero-order valence-corrected chi connectivity index (χ0v) is 9.86. The molecule has 0 unspecified atom stereocenters. The summed E-state index contributed by atoms with van der Waals surface area (Å²) in [4.78, 5) is 13.4. The van der Waals surface area contributed by atoms with Crippen molar-refractivity contribution in [1.82, 2.24) is 5.32 Å². The van der Waals surface area contributed by atoms with Crippen LogP contribution in [0, 0.1) is 6.92 Å². The maximum atomic E-state index is 11.7. The Balaban J connectivity index is 2.82. The quantitative estimate of drug-likeness (QED) is 0.809. The highest BCUT2D eigenvalue weighted by Gasteiger charge is 2.12. The van der Waals surface area contributed by atoms with Gasteiger partial charge in [0.1, 0.15) is 0 Å². The molecule has 0 aliphatic carbocycles. The summed E-state index contributed by atoms with van der Waals surface area (Å²) in [7, 11) is 1.63. The van der Waals surface area contributed by atoms with Gasteiger partial charge in [-0.1, -0.05) is 17.7 Å². The van der Waals surface area contributed by atoms with E-state index in [0.29, 0.717) is 13.1 Å². The fraction of sp³-hybridized carbons (Fsp3) is 0.417. The SMILES string of the molecule is CNC(=O)N(CCCN)c1ccc(C)cc1. The van der Waals surface area contributed by atoms with Gasteiger partial charge in [-0.05, 0) is 32.0 Å². The van der Waals surface area contributed by atoms with Gasteiger partial charge in [0.2, 0.25) is 0 Å². The van der Waals surface area contributed by atoms with Crippen LogP contribution in [0.3, 0.4) is 0 Å². The monoisotopic (exact) mass is 221 g/mol. The summed E-state index contributed by atoms with van der Waals surface area (Å²) in [6.45, 7) is 3.24. The van der Waals surface area contributed by atoms with Crippen molar-refractivity contribution in [2.75, 3.05) is 25.0 Å². The van der Waals surface area contributed by atoms with Gasteiger partial charge in [0.15, 0.2) is 0 Å². The lowest BCUT2D eigenvalue weighted by molar-refractivity contribution is 0.248. The third-order valence-electron chi connectivity index (χ3n) is 2.39. The Morgan fingerprint density at radius 3 is 2.50 bits per heavy atom. The number of benzene rings is 1. The number of carbonyl (C=O) groups is 1. The summed E-state index contributed by atoms with van der Waals surface area (Å²) < 4.78 is 0. The Morgan fingerprint density at radius 2 is 2.00 bits per heavy atom. The average Bonchev–Trinajstić information content (AvgIpc) is 2.31. The van der Waals surface area contributed by atoms with Crippen LogP contribution in [0.4, 0.5) is 10.5 Å². The number of hydrogen-bond donors (Lipinski definition) is 2. The van der Waals surface area contributed by atoms with E-state index in [1.165, 1.54) is 5.56 Å². The van der Waals surface area contributed by atoms with E-state index in [9.17, 15) is 4.79 Å². The van der Waals surface area contributed by atoms with Crippen molar-refractivity contribution in [2.24, 2.45) is 5.73 Å². The number of aryl methyl sites for hydroxylation is 1. The zero-order valence-electron chi connectivity index (χ0n) is 9.86. The highest BCUT2D eigenvalue weighted by Crippen LogP contribution is 2.15. The molecule has 0 aliphatic heterocycles. The molecule has 0 saturated carbocycles. The second-order valence-corrected chi connectivity index (χ2v) is 3.68. The first kappa shape index (κ1) is 12.5. The third-order valence-corrected chi connectivity index (χ3v) is 2.39. The van der Waals surface area contributed by atoms with Crippen molar-refractivity contribution in [3.63, 3.8) is 0 Å². The highest BCUT2D eigenvalue weighted by molar-refractivity contribution is 5.91. The molecule has 2 amide bonds. The van der Waals surface area contributed by atoms with Crippen molar-refractivity contribution in [3.05, 3.63) is 29.8 Å². The molecule has 0 aliphatic rings. The molecule has 4 nitrogen and oxygen atoms in total. The van der Waals surface area contributed by atoms with E-state index in [1.54, 1.807) is 11.9 Å². The molecule has 0 aromatic heterocycles.